The summed E-state index contributed by atoms with van der Waals surface area (Å²) in [7, 11) is 0. The van der Waals surface area contributed by atoms with E-state index in [0.717, 1.165) is 32.1 Å². The number of fused-ring (bicyclic) bond motifs is 7. The third kappa shape index (κ3) is 2.88. The maximum absolute atomic E-state index is 13.5. The Morgan fingerprint density at radius 3 is 2.21 bits per heavy atom. The quantitative estimate of drug-likeness (QED) is 0.397. The zero-order chi connectivity index (χ0) is 25.1. The fraction of sp³-hybridized carbons (Fsp3) is 0.900. The highest BCUT2D eigenvalue weighted by molar-refractivity contribution is 5.81. The number of aliphatic hydroxyl groups excluding tert-OH is 2. The van der Waals surface area contributed by atoms with Crippen LogP contribution in [-0.2, 0) is 4.79 Å². The van der Waals surface area contributed by atoms with Crippen LogP contribution in [0.3, 0.4) is 0 Å². The van der Waals surface area contributed by atoms with Crippen molar-refractivity contribution >= 4 is 5.97 Å². The molecule has 9 atom stereocenters. The molecule has 0 heterocycles. The number of allylic oxidation sites excluding steroid dienone is 1. The first-order chi connectivity index (χ1) is 15.6. The van der Waals surface area contributed by atoms with Crippen molar-refractivity contribution in [2.45, 2.75) is 118 Å². The molecule has 0 spiro atoms. The number of carboxylic acids is 1. The second-order valence-corrected chi connectivity index (χ2v) is 15.3. The van der Waals surface area contributed by atoms with Crippen LogP contribution in [0.15, 0.2) is 11.6 Å². The zero-order valence-corrected chi connectivity index (χ0v) is 22.6. The van der Waals surface area contributed by atoms with Gasteiger partial charge in [-0.2, -0.15) is 0 Å². The van der Waals surface area contributed by atoms with Crippen molar-refractivity contribution in [2.75, 3.05) is 0 Å². The molecule has 0 aliphatic heterocycles. The number of carbonyl (C=O) groups is 1. The summed E-state index contributed by atoms with van der Waals surface area (Å²) in [6, 6.07) is 0. The smallest absolute Gasteiger partial charge is 0.314 e. The second kappa shape index (κ2) is 7.12. The summed E-state index contributed by atoms with van der Waals surface area (Å²) in [6.45, 7) is 15.9. The predicted molar refractivity (Wildman–Crippen MR) is 134 cm³/mol. The van der Waals surface area contributed by atoms with Gasteiger partial charge in [0.2, 0.25) is 0 Å². The van der Waals surface area contributed by atoms with Crippen molar-refractivity contribution in [3.8, 4) is 0 Å². The third-order valence-corrected chi connectivity index (χ3v) is 12.7. The Morgan fingerprint density at radius 1 is 0.912 bits per heavy atom. The van der Waals surface area contributed by atoms with Gasteiger partial charge in [0, 0.05) is 0 Å². The van der Waals surface area contributed by atoms with Gasteiger partial charge in [0.15, 0.2) is 0 Å². The molecule has 5 aliphatic rings. The summed E-state index contributed by atoms with van der Waals surface area (Å²) in [5, 5.41) is 33.7. The average Bonchev–Trinajstić information content (AvgIpc) is 2.70. The van der Waals surface area contributed by atoms with Crippen molar-refractivity contribution in [3.05, 3.63) is 11.6 Å². The van der Waals surface area contributed by atoms with E-state index in [1.807, 2.05) is 0 Å². The first-order valence-electron chi connectivity index (χ1n) is 13.9. The first-order valence-corrected chi connectivity index (χ1v) is 13.9. The molecule has 0 bridgehead atoms. The van der Waals surface area contributed by atoms with Gasteiger partial charge in [-0.1, -0.05) is 60.1 Å². The molecule has 0 radical (unpaired) electrons. The van der Waals surface area contributed by atoms with E-state index in [2.05, 4.69) is 54.5 Å². The van der Waals surface area contributed by atoms with Crippen LogP contribution >= 0.6 is 0 Å². The number of hydrogen-bond acceptors (Lipinski definition) is 3. The lowest BCUT2D eigenvalue weighted by Gasteiger charge is -2.71. The van der Waals surface area contributed by atoms with Crippen molar-refractivity contribution in [1.82, 2.24) is 0 Å². The van der Waals surface area contributed by atoms with Gasteiger partial charge in [-0.25, -0.2) is 0 Å². The molecule has 0 aromatic carbocycles. The summed E-state index contributed by atoms with van der Waals surface area (Å²) in [5.74, 6) is -0.182. The normalized spacial score (nSPS) is 53.4. The highest BCUT2D eigenvalue weighted by Crippen LogP contribution is 2.75. The zero-order valence-electron chi connectivity index (χ0n) is 22.6. The molecule has 4 saturated carbocycles. The van der Waals surface area contributed by atoms with Crippen LogP contribution in [-0.4, -0.2) is 33.5 Å². The lowest BCUT2D eigenvalue weighted by atomic mass is 9.33. The van der Waals surface area contributed by atoms with Gasteiger partial charge >= 0.3 is 5.97 Å². The van der Waals surface area contributed by atoms with Crippen LogP contribution in [0.5, 0.6) is 0 Å². The predicted octanol–water partition coefficient (Wildman–Crippen LogP) is 6.20. The minimum Gasteiger partial charge on any atom is -0.481 e. The summed E-state index contributed by atoms with van der Waals surface area (Å²) in [4.78, 5) is 13.5. The number of rotatable bonds is 1. The van der Waals surface area contributed by atoms with Gasteiger partial charge in [-0.3, -0.25) is 4.79 Å². The highest BCUT2D eigenvalue weighted by atomic mass is 16.4. The maximum Gasteiger partial charge on any atom is 0.314 e. The Balaban J connectivity index is 1.67. The van der Waals surface area contributed by atoms with Crippen molar-refractivity contribution in [3.63, 3.8) is 0 Å². The molecule has 0 unspecified atom stereocenters. The standard InChI is InChI=1S/C30H48O4/c1-25(2)12-13-27(5)14-15-30(24(33)34)18(19(27)16-25)8-9-21-28(6)11-10-22(32)26(3,4)23(28)20(31)17-29(21,30)7/h8,19-23,31-32H,9-17H2,1-7H3,(H,33,34)/t19-,20-,21+,22-,23-,27+,28+,29-,30-/m1/s1. The highest BCUT2D eigenvalue weighted by Gasteiger charge is 2.73. The summed E-state index contributed by atoms with van der Waals surface area (Å²) in [6.07, 6.45) is 9.45. The van der Waals surface area contributed by atoms with E-state index in [4.69, 9.17) is 0 Å². The largest absolute Gasteiger partial charge is 0.481 e. The number of aliphatic hydroxyl groups is 2. The topological polar surface area (TPSA) is 77.8 Å². The van der Waals surface area contributed by atoms with E-state index in [1.165, 1.54) is 18.4 Å². The molecule has 192 valence electrons. The van der Waals surface area contributed by atoms with E-state index in [-0.39, 0.29) is 33.5 Å². The first kappa shape index (κ1) is 24.8. The monoisotopic (exact) mass is 472 g/mol. The van der Waals surface area contributed by atoms with E-state index in [0.29, 0.717) is 18.8 Å². The van der Waals surface area contributed by atoms with Gasteiger partial charge in [0.05, 0.1) is 17.6 Å². The fourth-order valence-electron chi connectivity index (χ4n) is 10.8. The van der Waals surface area contributed by atoms with Crippen molar-refractivity contribution < 1.29 is 20.1 Å². The minimum atomic E-state index is -0.900. The van der Waals surface area contributed by atoms with Crippen LogP contribution in [0.1, 0.15) is 106 Å². The number of aliphatic carboxylic acids is 1. The lowest BCUT2D eigenvalue weighted by Crippen LogP contribution is -2.69. The van der Waals surface area contributed by atoms with Crippen molar-refractivity contribution in [1.29, 1.82) is 0 Å². The summed E-state index contributed by atoms with van der Waals surface area (Å²) in [5.41, 5.74) is -0.349. The molecular formula is C30H48O4. The Morgan fingerprint density at radius 2 is 1.56 bits per heavy atom. The fourth-order valence-corrected chi connectivity index (χ4v) is 10.8. The van der Waals surface area contributed by atoms with Crippen LogP contribution in [0.4, 0.5) is 0 Å². The van der Waals surface area contributed by atoms with Crippen LogP contribution in [0, 0.1) is 50.2 Å². The van der Waals surface area contributed by atoms with Gasteiger partial charge in [0.1, 0.15) is 0 Å². The van der Waals surface area contributed by atoms with Crippen LogP contribution in [0.2, 0.25) is 0 Å². The molecule has 5 aliphatic carbocycles. The van der Waals surface area contributed by atoms with Gasteiger partial charge in [-0.05, 0) is 103 Å². The van der Waals surface area contributed by atoms with E-state index in [1.54, 1.807) is 0 Å². The van der Waals surface area contributed by atoms with E-state index < -0.39 is 29.0 Å². The lowest BCUT2D eigenvalue weighted by molar-refractivity contribution is -0.245. The van der Waals surface area contributed by atoms with Gasteiger partial charge in [0.25, 0.3) is 0 Å². The molecule has 4 nitrogen and oxygen atoms in total. The Labute approximate surface area is 206 Å². The Hall–Kier alpha value is -0.870. The minimum absolute atomic E-state index is 0.0231. The van der Waals surface area contributed by atoms with Crippen molar-refractivity contribution in [2.24, 2.45) is 50.2 Å². The molecule has 5 rings (SSSR count). The molecule has 0 saturated heterocycles. The summed E-state index contributed by atoms with van der Waals surface area (Å²) < 4.78 is 0. The molecule has 0 aromatic rings. The molecule has 0 aromatic heterocycles. The molecule has 34 heavy (non-hydrogen) atoms. The Kier molecular flexibility index (Phi) is 5.20. The Bertz CT molecular complexity index is 919. The maximum atomic E-state index is 13.5. The molecule has 0 amide bonds. The third-order valence-electron chi connectivity index (χ3n) is 12.7. The number of carboxylic acid groups (broad SMARTS) is 1. The van der Waals surface area contributed by atoms with Crippen LogP contribution < -0.4 is 0 Å². The molecule has 4 fully saturated rings. The van der Waals surface area contributed by atoms with E-state index in [9.17, 15) is 20.1 Å². The summed E-state index contributed by atoms with van der Waals surface area (Å²) >= 11 is 0. The average molecular weight is 473 g/mol. The van der Waals surface area contributed by atoms with Gasteiger partial charge < -0.3 is 15.3 Å². The molecular weight excluding hydrogens is 424 g/mol. The molecule has 4 heteroatoms. The van der Waals surface area contributed by atoms with E-state index >= 15 is 0 Å². The second-order valence-electron chi connectivity index (χ2n) is 15.3. The van der Waals surface area contributed by atoms with Crippen LogP contribution in [0.25, 0.3) is 0 Å². The molecule has 3 N–H and O–H groups in total. The SMILES string of the molecule is CC1(C)CC[C@@]2(C)CC[C@]3(C(=O)O)C(=CC[C@H]4[C@]5(C)CC[C@@H](O)C(C)(C)[C@H]5[C@H](O)C[C@]43C)[C@H]2C1. The van der Waals surface area contributed by atoms with Gasteiger partial charge in [-0.15, -0.1) is 0 Å². The number of hydrogen-bond donors (Lipinski definition) is 3.